The minimum Gasteiger partial charge on any atom is -0.298 e. The summed E-state index contributed by atoms with van der Waals surface area (Å²) in [4.78, 5) is 5.73. The smallest absolute Gasteiger partial charge is 0.0224 e. The Morgan fingerprint density at radius 3 is 2.58 bits per heavy atom. The molecule has 2 heteroatoms. The summed E-state index contributed by atoms with van der Waals surface area (Å²) in [5, 5.41) is 0. The highest BCUT2D eigenvalue weighted by molar-refractivity contribution is 4.94. The second-order valence-electron chi connectivity index (χ2n) is 7.14. The van der Waals surface area contributed by atoms with E-state index in [1.807, 2.05) is 0 Å². The van der Waals surface area contributed by atoms with Crippen LogP contribution in [0.5, 0.6) is 0 Å². The van der Waals surface area contributed by atoms with Crippen LogP contribution in [0.4, 0.5) is 0 Å². The van der Waals surface area contributed by atoms with Crippen LogP contribution in [0.3, 0.4) is 0 Å². The Hall–Kier alpha value is -0.0800. The summed E-state index contributed by atoms with van der Waals surface area (Å²) < 4.78 is 0. The number of piperidine rings is 1. The van der Waals surface area contributed by atoms with Crippen molar-refractivity contribution in [3.8, 4) is 0 Å². The predicted molar refractivity (Wildman–Crippen MR) is 81.4 cm³/mol. The second kappa shape index (κ2) is 6.13. The molecule has 0 N–H and O–H groups in total. The van der Waals surface area contributed by atoms with Gasteiger partial charge in [0.25, 0.3) is 0 Å². The van der Waals surface area contributed by atoms with Crippen LogP contribution in [0.2, 0.25) is 0 Å². The van der Waals surface area contributed by atoms with Gasteiger partial charge in [-0.05, 0) is 44.6 Å². The van der Waals surface area contributed by atoms with E-state index in [1.165, 1.54) is 71.0 Å². The largest absolute Gasteiger partial charge is 0.298 e. The van der Waals surface area contributed by atoms with Crippen molar-refractivity contribution in [2.45, 2.75) is 83.3 Å². The van der Waals surface area contributed by atoms with Crippen LogP contribution in [0.1, 0.15) is 65.2 Å². The van der Waals surface area contributed by atoms with Gasteiger partial charge in [0.2, 0.25) is 0 Å². The average Bonchev–Trinajstić information content (AvgIpc) is 3.27. The van der Waals surface area contributed by atoms with E-state index in [0.29, 0.717) is 0 Å². The van der Waals surface area contributed by atoms with Crippen molar-refractivity contribution < 1.29 is 0 Å². The minimum absolute atomic E-state index is 0.832. The fourth-order valence-corrected chi connectivity index (χ4v) is 4.36. The van der Waals surface area contributed by atoms with Crippen LogP contribution >= 0.6 is 0 Å². The van der Waals surface area contributed by atoms with Crippen LogP contribution in [0.15, 0.2) is 0 Å². The second-order valence-corrected chi connectivity index (χ2v) is 7.14. The van der Waals surface area contributed by atoms with E-state index in [-0.39, 0.29) is 0 Å². The molecule has 0 spiro atoms. The molecule has 0 aromatic heterocycles. The van der Waals surface area contributed by atoms with Gasteiger partial charge in [-0.1, -0.05) is 33.1 Å². The topological polar surface area (TPSA) is 6.48 Å². The maximum Gasteiger partial charge on any atom is 0.0224 e. The zero-order valence-corrected chi connectivity index (χ0v) is 13.0. The third kappa shape index (κ3) is 3.16. The lowest BCUT2D eigenvalue weighted by atomic mass is 9.92. The van der Waals surface area contributed by atoms with E-state index in [9.17, 15) is 0 Å². The number of rotatable bonds is 5. The third-order valence-electron chi connectivity index (χ3n) is 5.80. The van der Waals surface area contributed by atoms with E-state index in [0.717, 1.165) is 24.0 Å². The standard InChI is InChI=1S/C17H32N2/c1-3-15(11-14-8-9-14)19-13-17-7-5-6-10-18(17)12-16(19)4-2/h14-17H,3-13H2,1-2H3. The van der Waals surface area contributed by atoms with E-state index < -0.39 is 0 Å². The number of nitrogens with zero attached hydrogens (tertiary/aromatic N) is 2. The molecule has 3 unspecified atom stereocenters. The molecular formula is C17H32N2. The molecule has 110 valence electrons. The zero-order valence-electron chi connectivity index (χ0n) is 13.0. The molecule has 3 rings (SSSR count). The summed E-state index contributed by atoms with van der Waals surface area (Å²) >= 11 is 0. The van der Waals surface area contributed by atoms with E-state index in [4.69, 9.17) is 0 Å². The molecule has 2 saturated heterocycles. The van der Waals surface area contributed by atoms with Crippen LogP contribution < -0.4 is 0 Å². The van der Waals surface area contributed by atoms with Crippen LogP contribution in [0.25, 0.3) is 0 Å². The molecule has 2 aliphatic heterocycles. The van der Waals surface area contributed by atoms with Crippen molar-refractivity contribution >= 4 is 0 Å². The van der Waals surface area contributed by atoms with Gasteiger partial charge in [-0.15, -0.1) is 0 Å². The van der Waals surface area contributed by atoms with Gasteiger partial charge in [0.15, 0.2) is 0 Å². The fourth-order valence-electron chi connectivity index (χ4n) is 4.36. The maximum absolute atomic E-state index is 2.92. The first-order valence-corrected chi connectivity index (χ1v) is 8.81. The van der Waals surface area contributed by atoms with Crippen LogP contribution in [0, 0.1) is 5.92 Å². The zero-order chi connectivity index (χ0) is 13.2. The lowest BCUT2D eigenvalue weighted by Gasteiger charge is -2.51. The predicted octanol–water partition coefficient (Wildman–Crippen LogP) is 3.51. The molecule has 0 bridgehead atoms. The first-order chi connectivity index (χ1) is 9.31. The molecule has 2 heterocycles. The monoisotopic (exact) mass is 264 g/mol. The van der Waals surface area contributed by atoms with Gasteiger partial charge in [0.05, 0.1) is 0 Å². The van der Waals surface area contributed by atoms with Gasteiger partial charge in [-0.25, -0.2) is 0 Å². The van der Waals surface area contributed by atoms with Gasteiger partial charge in [0, 0.05) is 31.2 Å². The molecule has 19 heavy (non-hydrogen) atoms. The maximum atomic E-state index is 2.92. The molecule has 3 fully saturated rings. The number of fused-ring (bicyclic) bond motifs is 1. The molecular weight excluding hydrogens is 232 g/mol. The molecule has 0 amide bonds. The lowest BCUT2D eigenvalue weighted by Crippen LogP contribution is -2.61. The van der Waals surface area contributed by atoms with E-state index in [2.05, 4.69) is 23.6 Å². The van der Waals surface area contributed by atoms with Crippen LogP contribution in [-0.4, -0.2) is 47.6 Å². The summed E-state index contributed by atoms with van der Waals surface area (Å²) in [5.74, 6) is 1.08. The normalized spacial score (nSPS) is 35.1. The molecule has 0 aromatic carbocycles. The highest BCUT2D eigenvalue weighted by atomic mass is 15.3. The molecule has 3 atom stereocenters. The Bertz CT molecular complexity index is 287. The third-order valence-corrected chi connectivity index (χ3v) is 5.80. The highest BCUT2D eigenvalue weighted by Gasteiger charge is 2.38. The van der Waals surface area contributed by atoms with Crippen molar-refractivity contribution in [2.24, 2.45) is 5.92 Å². The summed E-state index contributed by atoms with van der Waals surface area (Å²) in [7, 11) is 0. The van der Waals surface area contributed by atoms with Crippen LogP contribution in [-0.2, 0) is 0 Å². The Labute approximate surface area is 119 Å². The minimum atomic E-state index is 0.832. The Balaban J connectivity index is 1.66. The van der Waals surface area contributed by atoms with Crippen molar-refractivity contribution in [3.63, 3.8) is 0 Å². The number of hydrogen-bond acceptors (Lipinski definition) is 2. The van der Waals surface area contributed by atoms with Gasteiger partial charge in [0.1, 0.15) is 0 Å². The molecule has 3 aliphatic rings. The van der Waals surface area contributed by atoms with Gasteiger partial charge < -0.3 is 0 Å². The molecule has 0 radical (unpaired) electrons. The summed E-state index contributed by atoms with van der Waals surface area (Å²) in [6, 6.07) is 2.59. The van der Waals surface area contributed by atoms with Crippen molar-refractivity contribution in [1.82, 2.24) is 9.80 Å². The van der Waals surface area contributed by atoms with Crippen molar-refractivity contribution in [3.05, 3.63) is 0 Å². The van der Waals surface area contributed by atoms with E-state index in [1.54, 1.807) is 0 Å². The summed E-state index contributed by atoms with van der Waals surface area (Å²) in [6.07, 6.45) is 11.6. The highest BCUT2D eigenvalue weighted by Crippen LogP contribution is 2.37. The van der Waals surface area contributed by atoms with Gasteiger partial charge >= 0.3 is 0 Å². The lowest BCUT2D eigenvalue weighted by molar-refractivity contribution is -0.0193. The average molecular weight is 264 g/mol. The van der Waals surface area contributed by atoms with Gasteiger partial charge in [-0.3, -0.25) is 9.80 Å². The molecule has 1 saturated carbocycles. The van der Waals surface area contributed by atoms with Crippen molar-refractivity contribution in [1.29, 1.82) is 0 Å². The van der Waals surface area contributed by atoms with E-state index >= 15 is 0 Å². The summed E-state index contributed by atoms with van der Waals surface area (Å²) in [5.41, 5.74) is 0. The fraction of sp³-hybridized carbons (Fsp3) is 1.00. The Morgan fingerprint density at radius 1 is 1.05 bits per heavy atom. The Kier molecular flexibility index (Phi) is 4.48. The molecule has 0 aromatic rings. The number of hydrogen-bond donors (Lipinski definition) is 0. The molecule has 1 aliphatic carbocycles. The number of piperazine rings is 1. The summed E-state index contributed by atoms with van der Waals surface area (Å²) in [6.45, 7) is 8.89. The van der Waals surface area contributed by atoms with Gasteiger partial charge in [-0.2, -0.15) is 0 Å². The first kappa shape index (κ1) is 13.9. The SMILES string of the molecule is CCC(CC1CC1)N1CC2CCCCN2CC1CC. The Morgan fingerprint density at radius 2 is 1.89 bits per heavy atom. The quantitative estimate of drug-likeness (QED) is 0.750. The molecule has 2 nitrogen and oxygen atoms in total. The van der Waals surface area contributed by atoms with Crippen molar-refractivity contribution in [2.75, 3.05) is 19.6 Å². The first-order valence-electron chi connectivity index (χ1n) is 8.81.